The topological polar surface area (TPSA) is 40.6 Å². The Labute approximate surface area is 121 Å². The van der Waals surface area contributed by atoms with Crippen molar-refractivity contribution in [3.05, 3.63) is 0 Å². The zero-order valence-corrected chi connectivity index (χ0v) is 13.2. The van der Waals surface area contributed by atoms with Gasteiger partial charge in [0.25, 0.3) is 0 Å². The van der Waals surface area contributed by atoms with Gasteiger partial charge in [0.2, 0.25) is 5.91 Å². The van der Waals surface area contributed by atoms with Crippen LogP contribution in [0, 0.1) is 16.2 Å². The van der Waals surface area contributed by atoms with Crippen molar-refractivity contribution >= 4 is 11.7 Å². The predicted molar refractivity (Wildman–Crippen MR) is 77.3 cm³/mol. The van der Waals surface area contributed by atoms with E-state index in [4.69, 9.17) is 0 Å². The molecule has 0 radical (unpaired) electrons. The van der Waals surface area contributed by atoms with Gasteiger partial charge in [-0.15, -0.1) is 0 Å². The average Bonchev–Trinajstić information content (AvgIpc) is 2.69. The zero-order valence-electron chi connectivity index (χ0n) is 13.2. The summed E-state index contributed by atoms with van der Waals surface area (Å²) < 4.78 is 0. The number of nitrogens with zero attached hydrogens (tertiary/aromatic N) is 2. The lowest BCUT2D eigenvalue weighted by Gasteiger charge is -2.43. The van der Waals surface area contributed by atoms with Gasteiger partial charge in [-0.05, 0) is 25.3 Å². The van der Waals surface area contributed by atoms with Crippen LogP contribution >= 0.6 is 0 Å². The second-order valence-corrected chi connectivity index (χ2v) is 7.73. The molecule has 2 aliphatic carbocycles. The highest BCUT2D eigenvalue weighted by molar-refractivity contribution is 5.99. The minimum absolute atomic E-state index is 0.211. The van der Waals surface area contributed by atoms with Crippen molar-refractivity contribution in [3.63, 3.8) is 0 Å². The molecule has 0 aromatic rings. The van der Waals surface area contributed by atoms with Gasteiger partial charge in [0.1, 0.15) is 5.78 Å². The van der Waals surface area contributed by atoms with Crippen molar-refractivity contribution in [2.75, 3.05) is 33.2 Å². The first kappa shape index (κ1) is 14.1. The molecule has 0 N–H and O–H groups in total. The fourth-order valence-corrected chi connectivity index (χ4v) is 4.65. The van der Waals surface area contributed by atoms with E-state index >= 15 is 0 Å². The maximum Gasteiger partial charge on any atom is 0.229 e. The monoisotopic (exact) mass is 278 g/mol. The van der Waals surface area contributed by atoms with Crippen LogP contribution in [0.1, 0.15) is 40.0 Å². The molecule has 0 aromatic carbocycles. The fourth-order valence-electron chi connectivity index (χ4n) is 4.65. The number of carbonyl (C=O) groups excluding carboxylic acids is 2. The van der Waals surface area contributed by atoms with E-state index in [9.17, 15) is 9.59 Å². The van der Waals surface area contributed by atoms with Crippen LogP contribution in [0.3, 0.4) is 0 Å². The molecule has 0 aromatic heterocycles. The molecule has 1 saturated heterocycles. The highest BCUT2D eigenvalue weighted by atomic mass is 16.2. The summed E-state index contributed by atoms with van der Waals surface area (Å²) in [6, 6.07) is 0. The van der Waals surface area contributed by atoms with Crippen molar-refractivity contribution in [2.45, 2.75) is 40.0 Å². The van der Waals surface area contributed by atoms with Crippen molar-refractivity contribution in [1.29, 1.82) is 0 Å². The molecule has 3 aliphatic rings. The number of Topliss-reactive ketones (excluding diaryl/α,β-unsaturated/α-hetero) is 1. The van der Waals surface area contributed by atoms with E-state index in [0.717, 1.165) is 39.0 Å². The van der Waals surface area contributed by atoms with E-state index in [1.54, 1.807) is 0 Å². The number of hydrogen-bond donors (Lipinski definition) is 0. The van der Waals surface area contributed by atoms with Gasteiger partial charge in [-0.2, -0.15) is 0 Å². The van der Waals surface area contributed by atoms with Crippen molar-refractivity contribution in [2.24, 2.45) is 16.2 Å². The molecule has 0 unspecified atom stereocenters. The van der Waals surface area contributed by atoms with E-state index in [-0.39, 0.29) is 16.7 Å². The Kier molecular flexibility index (Phi) is 2.85. The summed E-state index contributed by atoms with van der Waals surface area (Å²) >= 11 is 0. The Morgan fingerprint density at radius 1 is 1.05 bits per heavy atom. The molecule has 2 bridgehead atoms. The SMILES string of the molecule is CN1CCN(C(=O)[C@@]23CC[C@](C)(C(=O)C2)C3(C)C)CC1. The quantitative estimate of drug-likeness (QED) is 0.730. The molecule has 2 saturated carbocycles. The third-order valence-corrected chi connectivity index (χ3v) is 6.91. The number of likely N-dealkylation sites (N-methyl/N-ethyl adjacent to an activating group) is 1. The standard InChI is InChI=1S/C16H26N2O2/c1-14(2)15(3)5-6-16(14,11-12(15)19)13(20)18-9-7-17(4)8-10-18/h5-11H2,1-4H3/t15-,16-/m1/s1. The molecule has 0 spiro atoms. The number of carbonyl (C=O) groups is 2. The largest absolute Gasteiger partial charge is 0.340 e. The first-order chi connectivity index (χ1) is 9.24. The normalized spacial score (nSPS) is 40.4. The molecule has 1 amide bonds. The van der Waals surface area contributed by atoms with Crippen LogP contribution in [0.2, 0.25) is 0 Å². The van der Waals surface area contributed by atoms with Crippen LogP contribution in [-0.4, -0.2) is 54.7 Å². The Balaban J connectivity index is 1.90. The zero-order chi connectivity index (χ0) is 14.8. The lowest BCUT2D eigenvalue weighted by Crippen LogP contribution is -2.54. The van der Waals surface area contributed by atoms with Gasteiger partial charge < -0.3 is 9.80 Å². The van der Waals surface area contributed by atoms with Gasteiger partial charge in [-0.25, -0.2) is 0 Å². The number of rotatable bonds is 1. The molecule has 112 valence electrons. The van der Waals surface area contributed by atoms with Crippen LogP contribution in [-0.2, 0) is 9.59 Å². The highest BCUT2D eigenvalue weighted by Gasteiger charge is 2.72. The fraction of sp³-hybridized carbons (Fsp3) is 0.875. The van der Waals surface area contributed by atoms with Crippen molar-refractivity contribution in [1.82, 2.24) is 9.80 Å². The third kappa shape index (κ3) is 1.46. The van der Waals surface area contributed by atoms with Crippen molar-refractivity contribution < 1.29 is 9.59 Å². The lowest BCUT2D eigenvalue weighted by atomic mass is 9.64. The number of amides is 1. The van der Waals surface area contributed by atoms with Crippen molar-refractivity contribution in [3.8, 4) is 0 Å². The lowest BCUT2D eigenvalue weighted by molar-refractivity contribution is -0.149. The van der Waals surface area contributed by atoms with Crippen LogP contribution < -0.4 is 0 Å². The van der Waals surface area contributed by atoms with E-state index in [0.29, 0.717) is 12.2 Å². The maximum absolute atomic E-state index is 13.1. The molecule has 1 heterocycles. The van der Waals surface area contributed by atoms with Gasteiger partial charge >= 0.3 is 0 Å². The Morgan fingerprint density at radius 3 is 2.10 bits per heavy atom. The third-order valence-electron chi connectivity index (χ3n) is 6.91. The van der Waals surface area contributed by atoms with Crippen LogP contribution in [0.15, 0.2) is 0 Å². The molecule has 3 rings (SSSR count). The summed E-state index contributed by atoms with van der Waals surface area (Å²) in [6.07, 6.45) is 2.22. The van der Waals surface area contributed by atoms with E-state index in [2.05, 4.69) is 32.7 Å². The Hall–Kier alpha value is -0.900. The van der Waals surface area contributed by atoms with Crippen LogP contribution in [0.4, 0.5) is 0 Å². The summed E-state index contributed by atoms with van der Waals surface area (Å²) in [5.41, 5.74) is -0.943. The average molecular weight is 278 g/mol. The molecule has 3 fully saturated rings. The number of piperazine rings is 1. The molecule has 4 nitrogen and oxygen atoms in total. The van der Waals surface area contributed by atoms with Gasteiger partial charge in [0.15, 0.2) is 0 Å². The molecule has 2 atom stereocenters. The van der Waals surface area contributed by atoms with Gasteiger partial charge in [-0.3, -0.25) is 9.59 Å². The number of ketones is 1. The summed E-state index contributed by atoms with van der Waals surface area (Å²) in [5, 5.41) is 0. The first-order valence-electron chi connectivity index (χ1n) is 7.76. The predicted octanol–water partition coefficient (Wildman–Crippen LogP) is 1.55. The highest BCUT2D eigenvalue weighted by Crippen LogP contribution is 2.70. The minimum atomic E-state index is -0.436. The molecular weight excluding hydrogens is 252 g/mol. The maximum atomic E-state index is 13.1. The number of hydrogen-bond acceptors (Lipinski definition) is 3. The van der Waals surface area contributed by atoms with Crippen LogP contribution in [0.25, 0.3) is 0 Å². The van der Waals surface area contributed by atoms with Crippen LogP contribution in [0.5, 0.6) is 0 Å². The van der Waals surface area contributed by atoms with Gasteiger partial charge in [0, 0.05) is 38.0 Å². The van der Waals surface area contributed by atoms with Gasteiger partial charge in [0.05, 0.1) is 5.41 Å². The Bertz CT molecular complexity index is 465. The van der Waals surface area contributed by atoms with E-state index in [1.807, 2.05) is 4.90 Å². The molecule has 20 heavy (non-hydrogen) atoms. The minimum Gasteiger partial charge on any atom is -0.340 e. The summed E-state index contributed by atoms with van der Waals surface area (Å²) in [4.78, 5) is 29.8. The smallest absolute Gasteiger partial charge is 0.229 e. The number of fused-ring (bicyclic) bond motifs is 2. The Morgan fingerprint density at radius 2 is 1.65 bits per heavy atom. The summed E-state index contributed by atoms with van der Waals surface area (Å²) in [5.74, 6) is 0.543. The first-order valence-corrected chi connectivity index (χ1v) is 7.76. The summed E-state index contributed by atoms with van der Waals surface area (Å²) in [7, 11) is 2.09. The molecule has 4 heteroatoms. The van der Waals surface area contributed by atoms with E-state index in [1.165, 1.54) is 0 Å². The molecular formula is C16H26N2O2. The molecule has 1 aliphatic heterocycles. The second kappa shape index (κ2) is 4.06. The van der Waals surface area contributed by atoms with Gasteiger partial charge in [-0.1, -0.05) is 20.8 Å². The van der Waals surface area contributed by atoms with E-state index < -0.39 is 5.41 Å². The second-order valence-electron chi connectivity index (χ2n) is 7.73. The summed E-state index contributed by atoms with van der Waals surface area (Å²) in [6.45, 7) is 9.83.